The molecule has 7 nitrogen and oxygen atoms in total. The van der Waals surface area contributed by atoms with Gasteiger partial charge in [0.25, 0.3) is 0 Å². The summed E-state index contributed by atoms with van der Waals surface area (Å²) in [6.07, 6.45) is 4.32. The summed E-state index contributed by atoms with van der Waals surface area (Å²) in [6, 6.07) is 10.4. The molecule has 148 valence electrons. The molecule has 0 unspecified atom stereocenters. The molecule has 2 aromatic rings. The average Bonchev–Trinajstić information content (AvgIpc) is 2.73. The largest absolute Gasteiger partial charge is 0.364 e. The molecule has 1 aromatic carbocycles. The van der Waals surface area contributed by atoms with Crippen molar-refractivity contribution < 1.29 is 4.79 Å². The lowest BCUT2D eigenvalue weighted by molar-refractivity contribution is -0.125. The highest BCUT2D eigenvalue weighted by Crippen LogP contribution is 2.36. The van der Waals surface area contributed by atoms with Gasteiger partial charge < -0.3 is 20.0 Å². The smallest absolute Gasteiger partial charge is 0.225 e. The number of hydrogen-bond donors (Lipinski definition) is 1. The van der Waals surface area contributed by atoms with Crippen molar-refractivity contribution in [2.45, 2.75) is 12.5 Å². The first-order valence-electron chi connectivity index (χ1n) is 9.92. The molecule has 0 aliphatic carbocycles. The van der Waals surface area contributed by atoms with Crippen LogP contribution in [0.15, 0.2) is 42.7 Å². The minimum absolute atomic E-state index is 0.0800. The molecule has 1 aromatic heterocycles. The van der Waals surface area contributed by atoms with Crippen molar-refractivity contribution in [2.24, 2.45) is 5.92 Å². The predicted octanol–water partition coefficient (Wildman–Crippen LogP) is 1.02. The highest BCUT2D eigenvalue weighted by Gasteiger charge is 2.41. The first kappa shape index (κ1) is 18.7. The Morgan fingerprint density at radius 1 is 1.18 bits per heavy atom. The van der Waals surface area contributed by atoms with Crippen molar-refractivity contribution in [3.63, 3.8) is 0 Å². The number of carbonyl (C=O) groups is 1. The van der Waals surface area contributed by atoms with Gasteiger partial charge in [-0.05, 0) is 38.2 Å². The van der Waals surface area contributed by atoms with E-state index < -0.39 is 0 Å². The number of likely N-dealkylation sites (N-methyl/N-ethyl adjacent to an activating group) is 1. The lowest BCUT2D eigenvalue weighted by atomic mass is 9.83. The number of nitrogens with zero attached hydrogens (tertiary/aromatic N) is 5. The van der Waals surface area contributed by atoms with Crippen LogP contribution in [0.3, 0.4) is 0 Å². The number of piperazine rings is 1. The molecule has 3 heterocycles. The molecule has 0 bridgehead atoms. The second-order valence-electron chi connectivity index (χ2n) is 7.79. The topological polar surface area (TPSA) is 64.6 Å². The zero-order valence-electron chi connectivity index (χ0n) is 16.6. The number of fused-ring (bicyclic) bond motifs is 3. The van der Waals surface area contributed by atoms with Crippen LogP contribution in [-0.4, -0.2) is 73.6 Å². The highest BCUT2D eigenvalue weighted by atomic mass is 16.1. The fraction of sp³-hybridized carbons (Fsp3) is 0.476. The first-order chi connectivity index (χ1) is 13.6. The Kier molecular flexibility index (Phi) is 5.43. The summed E-state index contributed by atoms with van der Waals surface area (Å²) in [7, 11) is 4.03. The van der Waals surface area contributed by atoms with Gasteiger partial charge in [-0.3, -0.25) is 4.79 Å². The molecule has 0 radical (unpaired) electrons. The summed E-state index contributed by atoms with van der Waals surface area (Å²) >= 11 is 0. The van der Waals surface area contributed by atoms with Crippen molar-refractivity contribution >= 4 is 17.5 Å². The van der Waals surface area contributed by atoms with Crippen LogP contribution in [0.2, 0.25) is 0 Å². The van der Waals surface area contributed by atoms with Gasteiger partial charge in [-0.25, -0.2) is 9.97 Å². The second-order valence-corrected chi connectivity index (χ2v) is 7.79. The third kappa shape index (κ3) is 3.80. The van der Waals surface area contributed by atoms with Crippen LogP contribution in [0.4, 0.5) is 11.6 Å². The maximum absolute atomic E-state index is 13.1. The van der Waals surface area contributed by atoms with Crippen molar-refractivity contribution in [2.75, 3.05) is 56.6 Å². The number of aromatic nitrogens is 2. The van der Waals surface area contributed by atoms with Crippen LogP contribution in [0, 0.1) is 5.92 Å². The molecule has 2 aliphatic rings. The molecule has 2 aliphatic heterocycles. The number of benzene rings is 1. The summed E-state index contributed by atoms with van der Waals surface area (Å²) in [5.41, 5.74) is 2.52. The third-order valence-electron chi connectivity index (χ3n) is 5.65. The summed E-state index contributed by atoms with van der Waals surface area (Å²) < 4.78 is 0. The molecule has 1 N–H and O–H groups in total. The number of nitrogens with one attached hydrogen (secondary N) is 1. The highest BCUT2D eigenvalue weighted by molar-refractivity contribution is 5.82. The maximum Gasteiger partial charge on any atom is 0.225 e. The maximum atomic E-state index is 13.1. The monoisotopic (exact) mass is 380 g/mol. The normalized spacial score (nSPS) is 21.2. The van der Waals surface area contributed by atoms with Crippen molar-refractivity contribution in [1.82, 2.24) is 20.2 Å². The third-order valence-corrected chi connectivity index (χ3v) is 5.65. The lowest BCUT2D eigenvalue weighted by Crippen LogP contribution is -2.61. The van der Waals surface area contributed by atoms with E-state index in [-0.39, 0.29) is 17.9 Å². The van der Waals surface area contributed by atoms with Gasteiger partial charge in [-0.1, -0.05) is 18.2 Å². The average molecular weight is 380 g/mol. The molecular weight excluding hydrogens is 352 g/mol. The fourth-order valence-corrected chi connectivity index (χ4v) is 4.23. The summed E-state index contributed by atoms with van der Waals surface area (Å²) in [6.45, 7) is 3.98. The second kappa shape index (κ2) is 8.14. The summed E-state index contributed by atoms with van der Waals surface area (Å²) in [5, 5.41) is 3.15. The van der Waals surface area contributed by atoms with Gasteiger partial charge in [0.15, 0.2) is 0 Å². The van der Waals surface area contributed by atoms with E-state index in [1.54, 1.807) is 12.4 Å². The molecule has 0 saturated carbocycles. The Hall–Kier alpha value is -2.67. The van der Waals surface area contributed by atoms with Crippen LogP contribution in [0.5, 0.6) is 0 Å². The van der Waals surface area contributed by atoms with E-state index in [9.17, 15) is 4.79 Å². The number of hydrogen-bond acceptors (Lipinski definition) is 6. The number of carbonyl (C=O) groups excluding carboxylic acids is 1. The van der Waals surface area contributed by atoms with Crippen molar-refractivity contribution in [3.8, 4) is 0 Å². The van der Waals surface area contributed by atoms with Crippen LogP contribution in [0.1, 0.15) is 5.56 Å². The Morgan fingerprint density at radius 3 is 2.75 bits per heavy atom. The molecular formula is C21H28N6O. The van der Waals surface area contributed by atoms with E-state index in [0.29, 0.717) is 6.54 Å². The molecule has 0 spiro atoms. The molecule has 1 amide bonds. The Labute approximate surface area is 166 Å². The SMILES string of the molecule is CN(C)CCNC(=O)[C@@H]1Cc2ccccc2N2CCN(c3ncccn3)C[C@H]12. The van der Waals surface area contributed by atoms with Gasteiger partial charge in [0.05, 0.1) is 12.0 Å². The molecule has 1 saturated heterocycles. The van der Waals surface area contributed by atoms with Gasteiger partial charge >= 0.3 is 0 Å². The first-order valence-corrected chi connectivity index (χ1v) is 9.92. The summed E-state index contributed by atoms with van der Waals surface area (Å²) in [4.78, 5) is 28.6. The lowest BCUT2D eigenvalue weighted by Gasteiger charge is -2.49. The zero-order valence-corrected chi connectivity index (χ0v) is 16.6. The van der Waals surface area contributed by atoms with Crippen LogP contribution in [0.25, 0.3) is 0 Å². The molecule has 4 rings (SSSR count). The van der Waals surface area contributed by atoms with E-state index in [4.69, 9.17) is 0 Å². The summed E-state index contributed by atoms with van der Waals surface area (Å²) in [5.74, 6) is 0.804. The van der Waals surface area contributed by atoms with E-state index in [1.165, 1.54) is 11.3 Å². The van der Waals surface area contributed by atoms with Gasteiger partial charge in [0, 0.05) is 50.8 Å². The fourth-order valence-electron chi connectivity index (χ4n) is 4.23. The quantitative estimate of drug-likeness (QED) is 0.836. The number of anilines is 2. The van der Waals surface area contributed by atoms with E-state index in [2.05, 4.69) is 54.2 Å². The van der Waals surface area contributed by atoms with Gasteiger partial charge in [-0.2, -0.15) is 0 Å². The Bertz CT molecular complexity index is 812. The van der Waals surface area contributed by atoms with Crippen LogP contribution >= 0.6 is 0 Å². The van der Waals surface area contributed by atoms with Crippen molar-refractivity contribution in [3.05, 3.63) is 48.3 Å². The minimum atomic E-state index is -0.0800. The number of rotatable bonds is 5. The molecule has 1 fully saturated rings. The Balaban J connectivity index is 1.57. The van der Waals surface area contributed by atoms with Gasteiger partial charge in [0.1, 0.15) is 0 Å². The predicted molar refractivity (Wildman–Crippen MR) is 111 cm³/mol. The van der Waals surface area contributed by atoms with Gasteiger partial charge in [0.2, 0.25) is 11.9 Å². The standard InChI is InChI=1S/C21H28N6O/c1-25(2)11-10-22-20(28)17-14-16-6-3-4-7-18(16)27-13-12-26(15-19(17)27)21-23-8-5-9-24-21/h3-9,17,19H,10-15H2,1-2H3,(H,22,28)/t17-,19-/m1/s1. The van der Waals surface area contributed by atoms with E-state index in [0.717, 1.165) is 38.5 Å². The Morgan fingerprint density at radius 2 is 1.96 bits per heavy atom. The van der Waals surface area contributed by atoms with E-state index >= 15 is 0 Å². The van der Waals surface area contributed by atoms with Crippen LogP contribution < -0.4 is 15.1 Å². The zero-order chi connectivity index (χ0) is 19.5. The minimum Gasteiger partial charge on any atom is -0.364 e. The van der Waals surface area contributed by atoms with Crippen molar-refractivity contribution in [1.29, 1.82) is 0 Å². The molecule has 7 heteroatoms. The number of para-hydroxylation sites is 1. The molecule has 28 heavy (non-hydrogen) atoms. The number of amides is 1. The van der Waals surface area contributed by atoms with Crippen LogP contribution in [-0.2, 0) is 11.2 Å². The van der Waals surface area contributed by atoms with E-state index in [1.807, 2.05) is 20.2 Å². The molecule has 2 atom stereocenters. The van der Waals surface area contributed by atoms with Gasteiger partial charge in [-0.15, -0.1) is 0 Å².